The van der Waals surface area contributed by atoms with Gasteiger partial charge in [0.25, 0.3) is 5.91 Å². The number of fused-ring (bicyclic) bond motifs is 2. The van der Waals surface area contributed by atoms with Gasteiger partial charge in [0.2, 0.25) is 11.7 Å². The summed E-state index contributed by atoms with van der Waals surface area (Å²) in [4.78, 5) is 47.1. The summed E-state index contributed by atoms with van der Waals surface area (Å²) in [5.41, 5.74) is -1.97. The van der Waals surface area contributed by atoms with Crippen molar-refractivity contribution in [2.24, 2.45) is 0 Å². The number of carbonyl (C=O) groups is 2. The molecular formula is C37H40BF4N9O4. The first-order valence-corrected chi connectivity index (χ1v) is 17.8. The Bertz CT molecular complexity index is 2270. The molecule has 1 N–H and O–H groups in total. The first-order chi connectivity index (χ1) is 25.7. The third-order valence-electron chi connectivity index (χ3n) is 10.5. The van der Waals surface area contributed by atoms with Gasteiger partial charge < -0.3 is 19.5 Å². The Morgan fingerprint density at radius 2 is 1.73 bits per heavy atom. The molecule has 2 aliphatic rings. The predicted molar refractivity (Wildman–Crippen MR) is 193 cm³/mol. The van der Waals surface area contributed by atoms with Crippen LogP contribution in [0.15, 0.2) is 55.2 Å². The average Bonchev–Trinajstić information content (AvgIpc) is 3.77. The Kier molecular flexibility index (Phi) is 9.35. The maximum atomic E-state index is 15.8. The molecule has 2 amide bonds. The number of rotatable bonds is 9. The van der Waals surface area contributed by atoms with Crippen molar-refractivity contribution in [3.05, 3.63) is 89.4 Å². The summed E-state index contributed by atoms with van der Waals surface area (Å²) in [7, 11) is -0.847. The number of alkyl halides is 3. The van der Waals surface area contributed by atoms with Crippen LogP contribution in [0.5, 0.6) is 0 Å². The van der Waals surface area contributed by atoms with Gasteiger partial charge in [0.15, 0.2) is 5.69 Å². The Morgan fingerprint density at radius 1 is 1.04 bits per heavy atom. The number of imidazole rings is 1. The van der Waals surface area contributed by atoms with E-state index < -0.39 is 59.4 Å². The highest BCUT2D eigenvalue weighted by molar-refractivity contribution is 6.62. The summed E-state index contributed by atoms with van der Waals surface area (Å²) in [6.45, 7) is 12.4. The van der Waals surface area contributed by atoms with Crippen LogP contribution in [0.25, 0.3) is 17.0 Å². The molecule has 0 bridgehead atoms. The molecule has 5 aromatic rings. The number of amides is 2. The summed E-state index contributed by atoms with van der Waals surface area (Å²) in [5.74, 6) is -1.27. The molecule has 2 aliphatic heterocycles. The number of nitrogens with one attached hydrogen (secondary N) is 1. The first kappa shape index (κ1) is 38.1. The molecule has 7 rings (SSSR count). The highest BCUT2D eigenvalue weighted by Crippen LogP contribution is 2.38. The lowest BCUT2D eigenvalue weighted by Gasteiger charge is -2.37. The molecule has 0 radical (unpaired) electrons. The van der Waals surface area contributed by atoms with E-state index in [4.69, 9.17) is 9.31 Å². The second kappa shape index (κ2) is 13.5. The molecule has 288 valence electrons. The molecule has 1 saturated heterocycles. The highest BCUT2D eigenvalue weighted by atomic mass is 19.4. The fourth-order valence-corrected chi connectivity index (χ4v) is 6.94. The second-order valence-corrected chi connectivity index (χ2v) is 15.5. The van der Waals surface area contributed by atoms with Crippen LogP contribution in [0.1, 0.15) is 74.7 Å². The molecule has 1 aromatic carbocycles. The lowest BCUT2D eigenvalue weighted by Crippen LogP contribution is -2.58. The standard InChI is InChI=1S/C37H40BF4N9O4/c1-21-44-17-22(18-45-21)27-16-29(37(40,41)42)48-51(27)20-34(2,3)47-31(52)28(15-23-19-46-33-43-12-8-13-49(23)33)50-14-11-24-25(9-10-26(39)30(24)32(50)53)38-54-35(4,5)36(6,7)55-38/h8-10,12-13,16-19,28H,11,14-15,20H2,1-7H3,(H,47,52). The van der Waals surface area contributed by atoms with Crippen molar-refractivity contribution < 1.29 is 36.5 Å². The van der Waals surface area contributed by atoms with Crippen molar-refractivity contribution >= 4 is 30.2 Å². The van der Waals surface area contributed by atoms with Crippen LogP contribution in [-0.4, -0.2) is 87.3 Å². The molecule has 0 saturated carbocycles. The molecule has 18 heteroatoms. The molecule has 0 aliphatic carbocycles. The molecule has 6 heterocycles. The number of hydrogen-bond donors (Lipinski definition) is 1. The molecule has 55 heavy (non-hydrogen) atoms. The maximum absolute atomic E-state index is 15.8. The van der Waals surface area contributed by atoms with Crippen LogP contribution < -0.4 is 10.8 Å². The zero-order valence-electron chi connectivity index (χ0n) is 31.4. The summed E-state index contributed by atoms with van der Waals surface area (Å²) < 4.78 is 72.8. The van der Waals surface area contributed by atoms with Crippen LogP contribution >= 0.6 is 0 Å². The van der Waals surface area contributed by atoms with Crippen molar-refractivity contribution in [1.29, 1.82) is 0 Å². The van der Waals surface area contributed by atoms with Gasteiger partial charge in [0.1, 0.15) is 17.7 Å². The number of hydrogen-bond acceptors (Lipinski definition) is 9. The van der Waals surface area contributed by atoms with Crippen molar-refractivity contribution in [2.45, 2.75) is 96.8 Å². The summed E-state index contributed by atoms with van der Waals surface area (Å²) in [5, 5.41) is 6.79. The molecule has 0 spiro atoms. The van der Waals surface area contributed by atoms with E-state index in [1.54, 1.807) is 55.9 Å². The van der Waals surface area contributed by atoms with Crippen molar-refractivity contribution in [1.82, 2.24) is 44.3 Å². The van der Waals surface area contributed by atoms with Gasteiger partial charge in [-0.25, -0.2) is 24.3 Å². The third-order valence-corrected chi connectivity index (χ3v) is 10.5. The van der Waals surface area contributed by atoms with E-state index in [9.17, 15) is 22.8 Å². The second-order valence-electron chi connectivity index (χ2n) is 15.5. The normalized spacial score (nSPS) is 17.5. The number of carbonyl (C=O) groups excluding carboxylic acids is 2. The number of aromatic nitrogens is 7. The highest BCUT2D eigenvalue weighted by Gasteiger charge is 2.53. The quantitative estimate of drug-likeness (QED) is 0.172. The number of benzene rings is 1. The maximum Gasteiger partial charge on any atom is 0.495 e. The average molecular weight is 762 g/mol. The minimum Gasteiger partial charge on any atom is -0.399 e. The largest absolute Gasteiger partial charge is 0.495 e. The molecular weight excluding hydrogens is 721 g/mol. The Balaban J connectivity index is 1.22. The summed E-state index contributed by atoms with van der Waals surface area (Å²) >= 11 is 0. The molecule has 1 fully saturated rings. The Morgan fingerprint density at radius 3 is 2.40 bits per heavy atom. The zero-order chi connectivity index (χ0) is 39.7. The zero-order valence-corrected chi connectivity index (χ0v) is 31.4. The molecule has 4 aromatic heterocycles. The smallest absolute Gasteiger partial charge is 0.399 e. The number of nitrogens with zero attached hydrogens (tertiary/aromatic N) is 8. The van der Waals surface area contributed by atoms with Gasteiger partial charge in [0.05, 0.1) is 40.7 Å². The Hall–Kier alpha value is -5.23. The number of aryl methyl sites for hydroxylation is 1. The van der Waals surface area contributed by atoms with E-state index in [1.807, 2.05) is 27.7 Å². The minimum absolute atomic E-state index is 0.0413. The fourth-order valence-electron chi connectivity index (χ4n) is 6.94. The van der Waals surface area contributed by atoms with E-state index >= 15 is 4.39 Å². The minimum atomic E-state index is -4.74. The SMILES string of the molecule is Cc1ncc(-c2cc(C(F)(F)F)nn2CC(C)(C)NC(=O)C(Cc2cnc3ncccn23)N2CCc3c(B4OC(C)(C)C(C)(C)O4)ccc(F)c3C2=O)cn1. The van der Waals surface area contributed by atoms with E-state index in [2.05, 4.69) is 30.4 Å². The van der Waals surface area contributed by atoms with E-state index in [0.29, 0.717) is 33.9 Å². The van der Waals surface area contributed by atoms with Crippen molar-refractivity contribution in [3.8, 4) is 11.3 Å². The van der Waals surface area contributed by atoms with Gasteiger partial charge in [-0.1, -0.05) is 6.07 Å². The molecule has 1 atom stereocenters. The van der Waals surface area contributed by atoms with Crippen LogP contribution in [0.4, 0.5) is 17.6 Å². The van der Waals surface area contributed by atoms with Crippen LogP contribution in [0, 0.1) is 12.7 Å². The molecule has 1 unspecified atom stereocenters. The van der Waals surface area contributed by atoms with Crippen LogP contribution in [0.2, 0.25) is 0 Å². The van der Waals surface area contributed by atoms with Crippen molar-refractivity contribution in [3.63, 3.8) is 0 Å². The van der Waals surface area contributed by atoms with Gasteiger partial charge in [-0.05, 0) is 84.1 Å². The van der Waals surface area contributed by atoms with Crippen LogP contribution in [-0.2, 0) is 39.7 Å². The van der Waals surface area contributed by atoms with Gasteiger partial charge in [-0.3, -0.25) is 18.7 Å². The topological polar surface area (TPSA) is 142 Å². The molecule has 13 nitrogen and oxygen atoms in total. The third kappa shape index (κ3) is 7.20. The van der Waals surface area contributed by atoms with Crippen LogP contribution in [0.3, 0.4) is 0 Å². The predicted octanol–water partition coefficient (Wildman–Crippen LogP) is 4.35. The summed E-state index contributed by atoms with van der Waals surface area (Å²) in [6, 6.07) is 4.16. The Labute approximate surface area is 314 Å². The monoisotopic (exact) mass is 761 g/mol. The fraction of sp³-hybridized carbons (Fsp3) is 0.432. The lowest BCUT2D eigenvalue weighted by molar-refractivity contribution is -0.141. The van der Waals surface area contributed by atoms with Crippen molar-refractivity contribution in [2.75, 3.05) is 6.54 Å². The first-order valence-electron chi connectivity index (χ1n) is 17.8. The van der Waals surface area contributed by atoms with Gasteiger partial charge in [-0.2, -0.15) is 18.3 Å². The van der Waals surface area contributed by atoms with Gasteiger partial charge >= 0.3 is 13.3 Å². The van der Waals surface area contributed by atoms with Gasteiger partial charge in [-0.15, -0.1) is 0 Å². The summed E-state index contributed by atoms with van der Waals surface area (Å²) in [6.07, 6.45) is 3.05. The van der Waals surface area contributed by atoms with Gasteiger partial charge in [0, 0.05) is 49.0 Å². The van der Waals surface area contributed by atoms with E-state index in [1.165, 1.54) is 23.4 Å². The number of halogens is 4. The van der Waals surface area contributed by atoms with E-state index in [-0.39, 0.29) is 37.2 Å². The van der Waals surface area contributed by atoms with E-state index in [0.717, 1.165) is 10.7 Å². The lowest BCUT2D eigenvalue weighted by atomic mass is 9.72.